The predicted molar refractivity (Wildman–Crippen MR) is 106 cm³/mol. The number of rotatable bonds is 6. The van der Waals surface area contributed by atoms with Gasteiger partial charge in [-0.25, -0.2) is 9.18 Å². The van der Waals surface area contributed by atoms with E-state index in [9.17, 15) is 14.0 Å². The fourth-order valence-corrected chi connectivity index (χ4v) is 3.93. The molecule has 0 radical (unpaired) electrons. The number of ether oxygens (including phenoxy) is 1. The molecule has 0 aliphatic carbocycles. The number of benzene rings is 2. The van der Waals surface area contributed by atoms with Crippen molar-refractivity contribution >= 4 is 22.7 Å². The van der Waals surface area contributed by atoms with Crippen molar-refractivity contribution in [1.29, 1.82) is 0 Å². The van der Waals surface area contributed by atoms with Gasteiger partial charge < -0.3 is 14.5 Å². The summed E-state index contributed by atoms with van der Waals surface area (Å²) in [5.74, 6) is -0.502. The molecule has 1 aromatic heterocycles. The van der Waals surface area contributed by atoms with Gasteiger partial charge in [-0.3, -0.25) is 4.79 Å². The largest absolute Gasteiger partial charge is 0.460 e. The molecule has 29 heavy (non-hydrogen) atoms. The van der Waals surface area contributed by atoms with Crippen LogP contribution in [0.3, 0.4) is 0 Å². The molecular weight excluding hydrogens is 373 g/mol. The van der Waals surface area contributed by atoms with Gasteiger partial charge in [0, 0.05) is 17.7 Å². The molecule has 4 rings (SSSR count). The third-order valence-electron chi connectivity index (χ3n) is 5.30. The summed E-state index contributed by atoms with van der Waals surface area (Å²) >= 11 is 0. The van der Waals surface area contributed by atoms with Gasteiger partial charge >= 0.3 is 5.97 Å². The Hall–Kier alpha value is -2.99. The van der Waals surface area contributed by atoms with Crippen molar-refractivity contribution in [2.45, 2.75) is 31.7 Å². The summed E-state index contributed by atoms with van der Waals surface area (Å²) in [6.07, 6.45) is 1.11. The van der Waals surface area contributed by atoms with Gasteiger partial charge in [-0.2, -0.15) is 0 Å². The van der Waals surface area contributed by atoms with E-state index in [1.807, 2.05) is 12.1 Å². The van der Waals surface area contributed by atoms with Crippen molar-refractivity contribution in [3.63, 3.8) is 0 Å². The number of halogens is 1. The van der Waals surface area contributed by atoms with Crippen LogP contribution in [0.2, 0.25) is 0 Å². The van der Waals surface area contributed by atoms with Gasteiger partial charge in [0.1, 0.15) is 11.4 Å². The van der Waals surface area contributed by atoms with Gasteiger partial charge in [0.15, 0.2) is 5.78 Å². The van der Waals surface area contributed by atoms with Crippen LogP contribution in [0.4, 0.5) is 4.39 Å². The zero-order chi connectivity index (χ0) is 20.4. The minimum absolute atomic E-state index is 0.0381. The third-order valence-corrected chi connectivity index (χ3v) is 5.30. The summed E-state index contributed by atoms with van der Waals surface area (Å²) in [5.41, 5.74) is 2.40. The van der Waals surface area contributed by atoms with Gasteiger partial charge in [0.25, 0.3) is 0 Å². The topological polar surface area (TPSA) is 68.5 Å². The maximum Gasteiger partial charge on any atom is 0.374 e. The highest BCUT2D eigenvalue weighted by molar-refractivity contribution is 5.93. The quantitative estimate of drug-likeness (QED) is 0.639. The first-order valence-electron chi connectivity index (χ1n) is 9.76. The number of furan rings is 1. The van der Waals surface area contributed by atoms with E-state index in [1.165, 1.54) is 12.1 Å². The number of hydrogen-bond acceptors (Lipinski definition) is 5. The first kappa shape index (κ1) is 19.3. The number of fused-ring (bicyclic) bond motifs is 1. The number of ketones is 1. The van der Waals surface area contributed by atoms with E-state index in [0.29, 0.717) is 5.58 Å². The van der Waals surface area contributed by atoms with Crippen LogP contribution < -0.4 is 5.32 Å². The van der Waals surface area contributed by atoms with Gasteiger partial charge in [0.05, 0.1) is 12.6 Å². The molecule has 0 bridgehead atoms. The van der Waals surface area contributed by atoms with Gasteiger partial charge in [0.2, 0.25) is 5.76 Å². The van der Waals surface area contributed by atoms with Crippen LogP contribution >= 0.6 is 0 Å². The number of carbonyl (C=O) groups is 2. The predicted octanol–water partition coefficient (Wildman–Crippen LogP) is 4.01. The first-order chi connectivity index (χ1) is 14.0. The molecule has 0 unspecified atom stereocenters. The summed E-state index contributed by atoms with van der Waals surface area (Å²) in [6.45, 7) is 2.77. The number of hydrogen-bond donors (Lipinski definition) is 1. The zero-order valence-corrected chi connectivity index (χ0v) is 16.1. The van der Waals surface area contributed by atoms with E-state index in [4.69, 9.17) is 9.15 Å². The Balaban J connectivity index is 1.50. The first-order valence-corrected chi connectivity index (χ1v) is 9.76. The second-order valence-electron chi connectivity index (χ2n) is 7.22. The Kier molecular flexibility index (Phi) is 5.45. The highest BCUT2D eigenvalue weighted by Gasteiger charge is 2.33. The minimum Gasteiger partial charge on any atom is -0.460 e. The maximum absolute atomic E-state index is 13.2. The molecule has 2 heterocycles. The molecule has 0 saturated carbocycles. The Morgan fingerprint density at radius 2 is 1.97 bits per heavy atom. The van der Waals surface area contributed by atoms with E-state index in [1.54, 1.807) is 31.2 Å². The molecule has 1 aliphatic rings. The molecule has 1 fully saturated rings. The van der Waals surface area contributed by atoms with Crippen LogP contribution in [-0.2, 0) is 16.0 Å². The monoisotopic (exact) mass is 395 g/mol. The number of nitrogens with one attached hydrogen (secondary N) is 1. The van der Waals surface area contributed by atoms with Crippen molar-refractivity contribution in [3.8, 4) is 0 Å². The van der Waals surface area contributed by atoms with E-state index in [-0.39, 0.29) is 42.3 Å². The summed E-state index contributed by atoms with van der Waals surface area (Å²) < 4.78 is 23.7. The average Bonchev–Trinajstić information content (AvgIpc) is 3.35. The van der Waals surface area contributed by atoms with Crippen LogP contribution in [0, 0.1) is 5.82 Å². The molecule has 0 spiro atoms. The van der Waals surface area contributed by atoms with Crippen molar-refractivity contribution in [1.82, 2.24) is 5.32 Å². The average molecular weight is 395 g/mol. The van der Waals surface area contributed by atoms with E-state index < -0.39 is 5.97 Å². The lowest BCUT2D eigenvalue weighted by Gasteiger charge is -2.19. The SMILES string of the molecule is CCOC(=O)c1cc2cc(CC(=O)[C@H]3NCC[C@H]3c3ccc(F)cc3)ccc2o1. The maximum atomic E-state index is 13.2. The summed E-state index contributed by atoms with van der Waals surface area (Å²) in [4.78, 5) is 24.8. The standard InChI is InChI=1S/C23H22FNO4/c1-2-28-23(27)21-13-16-11-14(3-8-20(16)29-21)12-19(26)22-18(9-10-25-22)15-4-6-17(24)7-5-15/h3-8,11,13,18,22,25H,2,9-10,12H2,1H3/t18-,22-/m0/s1. The molecule has 2 aromatic carbocycles. The second kappa shape index (κ2) is 8.17. The molecule has 0 amide bonds. The van der Waals surface area contributed by atoms with Crippen molar-refractivity contribution in [3.05, 3.63) is 71.2 Å². The number of Topliss-reactive ketones (excluding diaryl/α,β-unsaturated/α-hetero) is 1. The third kappa shape index (κ3) is 4.07. The van der Waals surface area contributed by atoms with Crippen LogP contribution in [-0.4, -0.2) is 30.9 Å². The molecule has 3 aromatic rings. The highest BCUT2D eigenvalue weighted by atomic mass is 19.1. The fraction of sp³-hybridized carbons (Fsp3) is 0.304. The molecule has 150 valence electrons. The Labute approximate surface area is 167 Å². The fourth-order valence-electron chi connectivity index (χ4n) is 3.93. The minimum atomic E-state index is -0.501. The summed E-state index contributed by atoms with van der Waals surface area (Å²) in [6, 6.07) is 13.2. The molecule has 2 atom stereocenters. The van der Waals surface area contributed by atoms with Crippen LogP contribution in [0.1, 0.15) is 40.9 Å². The van der Waals surface area contributed by atoms with E-state index in [2.05, 4.69) is 5.32 Å². The lowest BCUT2D eigenvalue weighted by Crippen LogP contribution is -2.35. The second-order valence-corrected chi connectivity index (χ2v) is 7.22. The van der Waals surface area contributed by atoms with Crippen molar-refractivity contribution < 1.29 is 23.1 Å². The summed E-state index contributed by atoms with van der Waals surface area (Å²) in [5, 5.41) is 4.04. The molecule has 1 saturated heterocycles. The number of esters is 1. The molecular formula is C23H22FNO4. The lowest BCUT2D eigenvalue weighted by molar-refractivity contribution is -0.120. The zero-order valence-electron chi connectivity index (χ0n) is 16.1. The normalized spacial score (nSPS) is 18.8. The highest BCUT2D eigenvalue weighted by Crippen LogP contribution is 2.29. The van der Waals surface area contributed by atoms with Crippen LogP contribution in [0.25, 0.3) is 11.0 Å². The Bertz CT molecular complexity index is 1040. The van der Waals surface area contributed by atoms with Gasteiger partial charge in [-0.15, -0.1) is 0 Å². The van der Waals surface area contributed by atoms with E-state index in [0.717, 1.165) is 29.5 Å². The Morgan fingerprint density at radius 1 is 1.17 bits per heavy atom. The molecule has 5 nitrogen and oxygen atoms in total. The molecule has 1 aliphatic heterocycles. The van der Waals surface area contributed by atoms with Crippen molar-refractivity contribution in [2.75, 3.05) is 13.2 Å². The van der Waals surface area contributed by atoms with Crippen LogP contribution in [0.15, 0.2) is 52.9 Å². The Morgan fingerprint density at radius 3 is 2.72 bits per heavy atom. The summed E-state index contributed by atoms with van der Waals surface area (Å²) in [7, 11) is 0. The molecule has 6 heteroatoms. The van der Waals surface area contributed by atoms with E-state index >= 15 is 0 Å². The molecule has 1 N–H and O–H groups in total. The lowest BCUT2D eigenvalue weighted by atomic mass is 9.88. The smallest absolute Gasteiger partial charge is 0.374 e. The van der Waals surface area contributed by atoms with Crippen LogP contribution in [0.5, 0.6) is 0 Å². The van der Waals surface area contributed by atoms with Gasteiger partial charge in [-0.05, 0) is 61.3 Å². The van der Waals surface area contributed by atoms with Crippen molar-refractivity contribution in [2.24, 2.45) is 0 Å². The number of carbonyl (C=O) groups excluding carboxylic acids is 2. The van der Waals surface area contributed by atoms with Gasteiger partial charge in [-0.1, -0.05) is 18.2 Å².